The van der Waals surface area contributed by atoms with Gasteiger partial charge in [-0.3, -0.25) is 10.5 Å². The summed E-state index contributed by atoms with van der Waals surface area (Å²) in [6.45, 7) is 0. The molecule has 0 aliphatic carbocycles. The van der Waals surface area contributed by atoms with Crippen LogP contribution in [0.3, 0.4) is 0 Å². The minimum Gasteiger partial charge on any atom is -0.273 e. The molecule has 1 rings (SSSR count). The van der Waals surface area contributed by atoms with E-state index in [1.807, 2.05) is 0 Å². The van der Waals surface area contributed by atoms with E-state index < -0.39 is 5.91 Å². The zero-order valence-corrected chi connectivity index (χ0v) is 5.44. The fraction of sp³-hybridized carbons (Fsp3) is 0.200. The van der Waals surface area contributed by atoms with Crippen molar-refractivity contribution in [1.82, 2.24) is 10.7 Å². The van der Waals surface area contributed by atoms with Crippen molar-refractivity contribution >= 4 is 17.2 Å². The van der Waals surface area contributed by atoms with E-state index in [4.69, 9.17) is 5.73 Å². The van der Waals surface area contributed by atoms with Gasteiger partial charge < -0.3 is 0 Å². The Kier molecular flexibility index (Phi) is 1.79. The molecule has 0 bridgehead atoms. The standard InChI is InChI=1S/C5H5N2OS/c6-4(8)3-5-7-1-2-9-5/h1-2,6H,3H2. The van der Waals surface area contributed by atoms with Crippen LogP contribution in [-0.2, 0) is 11.2 Å². The van der Waals surface area contributed by atoms with Crippen molar-refractivity contribution in [2.24, 2.45) is 0 Å². The molecule has 1 N–H and O–H groups in total. The number of hydrogen-bond acceptors (Lipinski definition) is 3. The van der Waals surface area contributed by atoms with Crippen LogP contribution in [0.4, 0.5) is 0 Å². The van der Waals surface area contributed by atoms with Gasteiger partial charge in [0.25, 0.3) is 0 Å². The Hall–Kier alpha value is -0.900. The molecule has 0 aliphatic rings. The van der Waals surface area contributed by atoms with Gasteiger partial charge in [-0.1, -0.05) is 0 Å². The van der Waals surface area contributed by atoms with Crippen molar-refractivity contribution in [2.45, 2.75) is 6.42 Å². The first-order valence-electron chi connectivity index (χ1n) is 2.42. The summed E-state index contributed by atoms with van der Waals surface area (Å²) in [4.78, 5) is 14.0. The third-order valence-corrected chi connectivity index (χ3v) is 1.57. The molecule has 3 nitrogen and oxygen atoms in total. The summed E-state index contributed by atoms with van der Waals surface area (Å²) >= 11 is 1.40. The van der Waals surface area contributed by atoms with E-state index in [1.165, 1.54) is 11.3 Å². The second-order valence-corrected chi connectivity index (χ2v) is 2.50. The molecule has 47 valence electrons. The van der Waals surface area contributed by atoms with Gasteiger partial charge in [0, 0.05) is 11.6 Å². The number of hydrogen-bond donors (Lipinski definition) is 0. The lowest BCUT2D eigenvalue weighted by molar-refractivity contribution is -0.118. The van der Waals surface area contributed by atoms with Gasteiger partial charge in [-0.15, -0.1) is 11.3 Å². The number of carbonyl (C=O) groups is 1. The van der Waals surface area contributed by atoms with Crippen molar-refractivity contribution in [2.75, 3.05) is 0 Å². The third-order valence-electron chi connectivity index (χ3n) is 0.795. The zero-order chi connectivity index (χ0) is 6.69. The van der Waals surface area contributed by atoms with Crippen molar-refractivity contribution in [1.29, 1.82) is 0 Å². The summed E-state index contributed by atoms with van der Waals surface area (Å²) in [5.41, 5.74) is 6.58. The summed E-state index contributed by atoms with van der Waals surface area (Å²) in [5, 5.41) is 2.51. The molecular formula is C5H5N2OS. The summed E-state index contributed by atoms with van der Waals surface area (Å²) in [6.07, 6.45) is 1.78. The Labute approximate surface area is 56.5 Å². The topological polar surface area (TPSA) is 53.8 Å². The number of aromatic nitrogens is 1. The van der Waals surface area contributed by atoms with E-state index in [9.17, 15) is 4.79 Å². The second kappa shape index (κ2) is 2.59. The highest BCUT2D eigenvalue weighted by atomic mass is 32.1. The fourth-order valence-corrected chi connectivity index (χ4v) is 1.09. The number of carbonyl (C=O) groups excluding carboxylic acids is 1. The van der Waals surface area contributed by atoms with Crippen molar-refractivity contribution < 1.29 is 4.79 Å². The smallest absolute Gasteiger partial charge is 0.245 e. The lowest BCUT2D eigenvalue weighted by Crippen LogP contribution is -2.01. The van der Waals surface area contributed by atoms with Gasteiger partial charge >= 0.3 is 0 Å². The monoisotopic (exact) mass is 141 g/mol. The van der Waals surface area contributed by atoms with Crippen LogP contribution >= 0.6 is 11.3 Å². The second-order valence-electron chi connectivity index (χ2n) is 1.53. The molecule has 0 spiro atoms. The highest BCUT2D eigenvalue weighted by molar-refractivity contribution is 7.09. The highest BCUT2D eigenvalue weighted by Gasteiger charge is 1.99. The normalized spacial score (nSPS) is 9.33. The number of nitrogens with zero attached hydrogens (tertiary/aromatic N) is 1. The molecule has 1 aromatic rings. The molecule has 1 radical (unpaired) electrons. The number of nitrogens with one attached hydrogen (secondary N) is 1. The molecule has 0 unspecified atom stereocenters. The minimum atomic E-state index is -0.579. The number of rotatable bonds is 2. The molecule has 1 amide bonds. The fourth-order valence-electron chi connectivity index (χ4n) is 0.478. The minimum absolute atomic E-state index is 0.150. The van der Waals surface area contributed by atoms with Gasteiger partial charge in [0.15, 0.2) is 0 Å². The summed E-state index contributed by atoms with van der Waals surface area (Å²) < 4.78 is 0. The molecule has 1 aromatic heterocycles. The quantitative estimate of drug-likeness (QED) is 0.602. The van der Waals surface area contributed by atoms with E-state index in [0.717, 1.165) is 5.01 Å². The molecule has 0 saturated carbocycles. The molecule has 0 atom stereocenters. The maximum Gasteiger partial charge on any atom is 0.245 e. The lowest BCUT2D eigenvalue weighted by Gasteiger charge is -1.83. The zero-order valence-electron chi connectivity index (χ0n) is 4.63. The Morgan fingerprint density at radius 3 is 3.11 bits per heavy atom. The van der Waals surface area contributed by atoms with Crippen LogP contribution in [-0.4, -0.2) is 10.9 Å². The van der Waals surface area contributed by atoms with Crippen molar-refractivity contribution in [3.8, 4) is 0 Å². The van der Waals surface area contributed by atoms with Gasteiger partial charge in [-0.25, -0.2) is 4.98 Å². The molecule has 1 heterocycles. The Morgan fingerprint density at radius 2 is 2.67 bits per heavy atom. The average molecular weight is 141 g/mol. The molecule has 4 heteroatoms. The van der Waals surface area contributed by atoms with Gasteiger partial charge in [-0.05, 0) is 0 Å². The highest BCUT2D eigenvalue weighted by Crippen LogP contribution is 2.03. The predicted octanol–water partition coefficient (Wildman–Crippen LogP) is 0.495. The van der Waals surface area contributed by atoms with E-state index in [2.05, 4.69) is 4.98 Å². The first-order chi connectivity index (χ1) is 4.29. The largest absolute Gasteiger partial charge is 0.273 e. The van der Waals surface area contributed by atoms with Crippen LogP contribution in [0.2, 0.25) is 0 Å². The average Bonchev–Trinajstić information content (AvgIpc) is 2.15. The SMILES string of the molecule is [NH]C(=O)Cc1nccs1. The third kappa shape index (κ3) is 1.81. The summed E-state index contributed by atoms with van der Waals surface area (Å²) in [6, 6.07) is 0. The van der Waals surface area contributed by atoms with Gasteiger partial charge in [0.2, 0.25) is 5.91 Å². The van der Waals surface area contributed by atoms with E-state index in [-0.39, 0.29) is 6.42 Å². The van der Waals surface area contributed by atoms with E-state index >= 15 is 0 Å². The van der Waals surface area contributed by atoms with Gasteiger partial charge in [0.1, 0.15) is 5.01 Å². The maximum absolute atomic E-state index is 10.1. The molecule has 0 aliphatic heterocycles. The van der Waals surface area contributed by atoms with Crippen molar-refractivity contribution in [3.63, 3.8) is 0 Å². The van der Waals surface area contributed by atoms with Crippen LogP contribution in [0, 0.1) is 0 Å². The predicted molar refractivity (Wildman–Crippen MR) is 33.9 cm³/mol. The Morgan fingerprint density at radius 1 is 1.89 bits per heavy atom. The van der Waals surface area contributed by atoms with Crippen LogP contribution in [0.1, 0.15) is 5.01 Å². The van der Waals surface area contributed by atoms with Crippen LogP contribution < -0.4 is 5.73 Å². The lowest BCUT2D eigenvalue weighted by atomic mass is 10.4. The number of thiazole rings is 1. The number of amides is 1. The summed E-state index contributed by atoms with van der Waals surface area (Å²) in [7, 11) is 0. The van der Waals surface area contributed by atoms with Crippen LogP contribution in [0.25, 0.3) is 0 Å². The molecule has 0 saturated heterocycles. The van der Waals surface area contributed by atoms with Crippen LogP contribution in [0.5, 0.6) is 0 Å². The first-order valence-corrected chi connectivity index (χ1v) is 3.30. The van der Waals surface area contributed by atoms with Crippen molar-refractivity contribution in [3.05, 3.63) is 16.6 Å². The molecule has 0 aromatic carbocycles. The van der Waals surface area contributed by atoms with Gasteiger partial charge in [-0.2, -0.15) is 0 Å². The first kappa shape index (κ1) is 6.22. The maximum atomic E-state index is 10.1. The summed E-state index contributed by atoms with van der Waals surface area (Å²) in [5.74, 6) is -0.579. The van der Waals surface area contributed by atoms with Crippen LogP contribution in [0.15, 0.2) is 11.6 Å². The Bertz CT molecular complexity index is 195. The molecule has 0 fully saturated rings. The molecular weight excluding hydrogens is 136 g/mol. The van der Waals surface area contributed by atoms with E-state index in [0.29, 0.717) is 0 Å². The molecule has 9 heavy (non-hydrogen) atoms. The van der Waals surface area contributed by atoms with E-state index in [1.54, 1.807) is 11.6 Å². The van der Waals surface area contributed by atoms with Gasteiger partial charge in [0.05, 0.1) is 6.42 Å². The Balaban J connectivity index is 2.58.